The van der Waals surface area contributed by atoms with Crippen LogP contribution in [0.15, 0.2) is 16.7 Å². The number of amides is 1. The van der Waals surface area contributed by atoms with Gasteiger partial charge in [0.15, 0.2) is 0 Å². The van der Waals surface area contributed by atoms with Gasteiger partial charge in [0.25, 0.3) is 5.91 Å². The second-order valence-electron chi connectivity index (χ2n) is 4.11. The maximum atomic E-state index is 11.6. The summed E-state index contributed by atoms with van der Waals surface area (Å²) in [6, 6.07) is 1.50. The van der Waals surface area contributed by atoms with Gasteiger partial charge in [-0.2, -0.15) is 0 Å². The number of carbonyl (C=O) groups excluding carboxylic acids is 1. The number of rotatable bonds is 4. The lowest BCUT2D eigenvalue weighted by Crippen LogP contribution is -2.36. The zero-order valence-electron chi connectivity index (χ0n) is 8.71. The number of hydrogen-bond donors (Lipinski definition) is 2. The van der Waals surface area contributed by atoms with Gasteiger partial charge >= 0.3 is 0 Å². The van der Waals surface area contributed by atoms with E-state index >= 15 is 0 Å². The summed E-state index contributed by atoms with van der Waals surface area (Å²) in [6.45, 7) is 4.09. The van der Waals surface area contributed by atoms with E-state index in [1.807, 2.05) is 13.8 Å². The van der Waals surface area contributed by atoms with Crippen LogP contribution < -0.4 is 5.32 Å². The second kappa shape index (κ2) is 4.68. The van der Waals surface area contributed by atoms with Gasteiger partial charge in [0, 0.05) is 18.6 Å². The van der Waals surface area contributed by atoms with Crippen molar-refractivity contribution in [1.82, 2.24) is 5.32 Å². The average molecular weight is 232 g/mol. The third-order valence-corrected chi connectivity index (χ3v) is 2.31. The smallest absolute Gasteiger partial charge is 0.256 e. The number of halogens is 1. The van der Waals surface area contributed by atoms with Crippen molar-refractivity contribution in [2.24, 2.45) is 5.41 Å². The summed E-state index contributed by atoms with van der Waals surface area (Å²) in [4.78, 5) is 11.6. The van der Waals surface area contributed by atoms with E-state index in [2.05, 4.69) is 5.32 Å². The van der Waals surface area contributed by atoms with E-state index in [1.165, 1.54) is 12.3 Å². The summed E-state index contributed by atoms with van der Waals surface area (Å²) < 4.78 is 4.80. The van der Waals surface area contributed by atoms with Gasteiger partial charge in [-0.25, -0.2) is 0 Å². The average Bonchev–Trinajstić information content (AvgIpc) is 2.61. The molecule has 1 heterocycles. The van der Waals surface area contributed by atoms with E-state index in [0.717, 1.165) is 0 Å². The molecule has 0 atom stereocenters. The van der Waals surface area contributed by atoms with Crippen molar-refractivity contribution >= 4 is 17.5 Å². The Bertz CT molecular complexity index is 346. The summed E-state index contributed by atoms with van der Waals surface area (Å²) in [5, 5.41) is 11.7. The molecular formula is C10H14ClNO3. The fraction of sp³-hybridized carbons (Fsp3) is 0.500. The first-order valence-corrected chi connectivity index (χ1v) is 4.96. The Morgan fingerprint density at radius 2 is 2.33 bits per heavy atom. The highest BCUT2D eigenvalue weighted by Gasteiger charge is 2.19. The van der Waals surface area contributed by atoms with Crippen LogP contribution in [0.3, 0.4) is 0 Å². The van der Waals surface area contributed by atoms with Crippen molar-refractivity contribution in [2.75, 3.05) is 13.2 Å². The van der Waals surface area contributed by atoms with Crippen LogP contribution in [0.25, 0.3) is 0 Å². The minimum atomic E-state index is -0.341. The molecule has 5 heteroatoms. The van der Waals surface area contributed by atoms with Gasteiger partial charge in [-0.15, -0.1) is 0 Å². The van der Waals surface area contributed by atoms with Crippen LogP contribution in [-0.2, 0) is 0 Å². The van der Waals surface area contributed by atoms with Crippen molar-refractivity contribution < 1.29 is 14.3 Å². The Kier molecular flexibility index (Phi) is 3.77. The van der Waals surface area contributed by atoms with E-state index in [-0.39, 0.29) is 23.1 Å². The molecule has 1 rings (SSSR count). The fourth-order valence-corrected chi connectivity index (χ4v) is 1.13. The molecule has 0 radical (unpaired) electrons. The molecule has 0 aliphatic rings. The zero-order valence-corrected chi connectivity index (χ0v) is 9.47. The van der Waals surface area contributed by atoms with Crippen LogP contribution in [0.1, 0.15) is 24.2 Å². The van der Waals surface area contributed by atoms with Crippen LogP contribution >= 0.6 is 11.6 Å². The third kappa shape index (κ3) is 3.25. The topological polar surface area (TPSA) is 62.5 Å². The lowest BCUT2D eigenvalue weighted by atomic mass is 9.95. The van der Waals surface area contributed by atoms with Crippen molar-refractivity contribution in [3.8, 4) is 0 Å². The number of aliphatic hydroxyl groups excluding tert-OH is 1. The Morgan fingerprint density at radius 1 is 1.67 bits per heavy atom. The molecule has 0 saturated heterocycles. The normalized spacial score (nSPS) is 11.5. The molecule has 0 bridgehead atoms. The highest BCUT2D eigenvalue weighted by atomic mass is 35.5. The highest BCUT2D eigenvalue weighted by molar-refractivity contribution is 6.32. The predicted octanol–water partition coefficient (Wildman–Crippen LogP) is 1.68. The van der Waals surface area contributed by atoms with Gasteiger partial charge in [-0.05, 0) is 17.7 Å². The minimum Gasteiger partial charge on any atom is -0.452 e. The summed E-state index contributed by atoms with van der Waals surface area (Å²) in [7, 11) is 0. The van der Waals surface area contributed by atoms with Crippen molar-refractivity contribution in [2.45, 2.75) is 13.8 Å². The molecule has 0 spiro atoms. The number of nitrogens with one attached hydrogen (secondary N) is 1. The molecule has 0 aromatic carbocycles. The SMILES string of the molecule is CC(C)(CO)CNC(=O)c1ccoc1Cl. The summed E-state index contributed by atoms with van der Waals surface area (Å²) >= 11 is 5.64. The molecule has 84 valence electrons. The van der Waals surface area contributed by atoms with Crippen LogP contribution in [0.2, 0.25) is 5.22 Å². The molecular weight excluding hydrogens is 218 g/mol. The van der Waals surface area contributed by atoms with E-state index in [4.69, 9.17) is 21.1 Å². The van der Waals surface area contributed by atoms with Crippen molar-refractivity contribution in [3.05, 3.63) is 23.1 Å². The van der Waals surface area contributed by atoms with Crippen LogP contribution in [-0.4, -0.2) is 24.2 Å². The second-order valence-corrected chi connectivity index (χ2v) is 4.46. The molecule has 1 aromatic rings. The lowest BCUT2D eigenvalue weighted by Gasteiger charge is -2.21. The van der Waals surface area contributed by atoms with Gasteiger partial charge in [0.2, 0.25) is 5.22 Å². The summed E-state index contributed by atoms with van der Waals surface area (Å²) in [5.74, 6) is -0.296. The highest BCUT2D eigenvalue weighted by Crippen LogP contribution is 2.17. The minimum absolute atomic E-state index is 0.00635. The van der Waals surface area contributed by atoms with E-state index in [9.17, 15) is 4.79 Å². The Hall–Kier alpha value is -1.00. The van der Waals surface area contributed by atoms with Gasteiger partial charge in [0.1, 0.15) is 0 Å². The first-order valence-electron chi connectivity index (χ1n) is 4.58. The monoisotopic (exact) mass is 231 g/mol. The largest absolute Gasteiger partial charge is 0.452 e. The quantitative estimate of drug-likeness (QED) is 0.829. The Morgan fingerprint density at radius 3 is 2.80 bits per heavy atom. The Labute approximate surface area is 93.2 Å². The van der Waals surface area contributed by atoms with Crippen LogP contribution in [0, 0.1) is 5.41 Å². The first kappa shape index (κ1) is 12.1. The molecule has 1 aromatic heterocycles. The molecule has 0 aliphatic heterocycles. The maximum absolute atomic E-state index is 11.6. The first-order chi connectivity index (χ1) is 6.96. The van der Waals surface area contributed by atoms with Gasteiger partial charge < -0.3 is 14.8 Å². The zero-order chi connectivity index (χ0) is 11.5. The van der Waals surface area contributed by atoms with Crippen molar-refractivity contribution in [1.29, 1.82) is 0 Å². The lowest BCUT2D eigenvalue weighted by molar-refractivity contribution is 0.0910. The molecule has 0 unspecified atom stereocenters. The van der Waals surface area contributed by atoms with Gasteiger partial charge in [-0.3, -0.25) is 4.79 Å². The maximum Gasteiger partial charge on any atom is 0.256 e. The number of furan rings is 1. The molecule has 0 fully saturated rings. The van der Waals surface area contributed by atoms with Crippen LogP contribution in [0.5, 0.6) is 0 Å². The molecule has 1 amide bonds. The van der Waals surface area contributed by atoms with Crippen LogP contribution in [0.4, 0.5) is 0 Å². The fourth-order valence-electron chi connectivity index (χ4n) is 0.926. The number of carbonyl (C=O) groups is 1. The summed E-state index contributed by atoms with van der Waals surface area (Å²) in [5.41, 5.74) is -0.0308. The van der Waals surface area contributed by atoms with E-state index in [1.54, 1.807) is 0 Å². The molecule has 2 N–H and O–H groups in total. The third-order valence-electron chi connectivity index (χ3n) is 2.02. The van der Waals surface area contributed by atoms with E-state index in [0.29, 0.717) is 12.1 Å². The van der Waals surface area contributed by atoms with Gasteiger partial charge in [0.05, 0.1) is 11.8 Å². The Balaban J connectivity index is 2.55. The number of hydrogen-bond acceptors (Lipinski definition) is 3. The number of aliphatic hydroxyl groups is 1. The molecule has 4 nitrogen and oxygen atoms in total. The standard InChI is InChI=1S/C10H14ClNO3/c1-10(2,6-13)5-12-9(14)7-3-4-15-8(7)11/h3-4,13H,5-6H2,1-2H3,(H,12,14). The van der Waals surface area contributed by atoms with Gasteiger partial charge in [-0.1, -0.05) is 13.8 Å². The van der Waals surface area contributed by atoms with E-state index < -0.39 is 0 Å². The molecule has 0 saturated carbocycles. The molecule has 15 heavy (non-hydrogen) atoms. The molecule has 0 aliphatic carbocycles. The summed E-state index contributed by atoms with van der Waals surface area (Å²) in [6.07, 6.45) is 1.36. The predicted molar refractivity (Wildman–Crippen MR) is 56.9 cm³/mol. The van der Waals surface area contributed by atoms with Crippen molar-refractivity contribution in [3.63, 3.8) is 0 Å².